The van der Waals surface area contributed by atoms with Crippen LogP contribution < -0.4 is 10.1 Å². The zero-order valence-electron chi connectivity index (χ0n) is 18.2. The van der Waals surface area contributed by atoms with Crippen LogP contribution in [0.25, 0.3) is 0 Å². The van der Waals surface area contributed by atoms with Gasteiger partial charge in [-0.3, -0.25) is 9.59 Å². The van der Waals surface area contributed by atoms with Crippen molar-refractivity contribution in [3.63, 3.8) is 0 Å². The number of hydrogen-bond donors (Lipinski definition) is 1. The molecule has 1 N–H and O–H groups in total. The summed E-state index contributed by atoms with van der Waals surface area (Å²) in [6.07, 6.45) is 0.707. The molecule has 0 heterocycles. The predicted molar refractivity (Wildman–Crippen MR) is 116 cm³/mol. The molecular weight excluding hydrogens is 383 g/mol. The lowest BCUT2D eigenvalue weighted by molar-refractivity contribution is -0.141. The molecule has 0 fully saturated rings. The van der Waals surface area contributed by atoms with Gasteiger partial charge in [-0.05, 0) is 52.3 Å². The number of rotatable bonds is 10. The van der Waals surface area contributed by atoms with E-state index in [1.54, 1.807) is 25.1 Å². The molecule has 0 saturated carbocycles. The van der Waals surface area contributed by atoms with E-state index in [4.69, 9.17) is 4.74 Å². The standard InChI is InChI=1S/C24H31FN2O3/c1-17(2)26-24(29)19(4)27(16-20-8-5-6-9-22(20)25)23(28)10-7-15-30-21-13-11-18(3)12-14-21/h5-6,8-9,11-14,17,19H,7,10,15-16H2,1-4H3,(H,26,29)/t19-/m0/s1. The van der Waals surface area contributed by atoms with Gasteiger partial charge in [0.1, 0.15) is 17.6 Å². The Kier molecular flexibility index (Phi) is 8.84. The van der Waals surface area contributed by atoms with Crippen LogP contribution in [0.15, 0.2) is 48.5 Å². The second-order valence-electron chi connectivity index (χ2n) is 7.72. The summed E-state index contributed by atoms with van der Waals surface area (Å²) >= 11 is 0. The first kappa shape index (κ1) is 23.4. The summed E-state index contributed by atoms with van der Waals surface area (Å²) in [6, 6.07) is 13.2. The van der Waals surface area contributed by atoms with E-state index in [0.29, 0.717) is 18.6 Å². The summed E-state index contributed by atoms with van der Waals surface area (Å²) in [7, 11) is 0. The maximum atomic E-state index is 14.2. The third-order valence-corrected chi connectivity index (χ3v) is 4.72. The predicted octanol–water partition coefficient (Wildman–Crippen LogP) is 4.24. The Morgan fingerprint density at radius 3 is 2.37 bits per heavy atom. The van der Waals surface area contributed by atoms with E-state index in [1.807, 2.05) is 45.0 Å². The van der Waals surface area contributed by atoms with Crippen molar-refractivity contribution in [1.82, 2.24) is 10.2 Å². The number of aryl methyl sites for hydroxylation is 1. The lowest BCUT2D eigenvalue weighted by atomic mass is 10.1. The van der Waals surface area contributed by atoms with Crippen LogP contribution >= 0.6 is 0 Å². The first-order valence-corrected chi connectivity index (χ1v) is 10.3. The number of carbonyl (C=O) groups excluding carboxylic acids is 2. The maximum Gasteiger partial charge on any atom is 0.242 e. The van der Waals surface area contributed by atoms with Gasteiger partial charge in [0.25, 0.3) is 0 Å². The Hall–Kier alpha value is -2.89. The molecular formula is C24H31FN2O3. The number of nitrogens with one attached hydrogen (secondary N) is 1. The largest absolute Gasteiger partial charge is 0.494 e. The summed E-state index contributed by atoms with van der Waals surface area (Å²) in [5.41, 5.74) is 1.53. The van der Waals surface area contributed by atoms with E-state index < -0.39 is 11.9 Å². The Morgan fingerprint density at radius 2 is 1.73 bits per heavy atom. The highest BCUT2D eigenvalue weighted by Gasteiger charge is 2.26. The summed E-state index contributed by atoms with van der Waals surface area (Å²) in [5, 5.41) is 2.82. The maximum absolute atomic E-state index is 14.2. The average Bonchev–Trinajstić information content (AvgIpc) is 2.70. The van der Waals surface area contributed by atoms with Crippen LogP contribution in [-0.2, 0) is 16.1 Å². The third kappa shape index (κ3) is 7.17. The van der Waals surface area contributed by atoms with Gasteiger partial charge in [0, 0.05) is 24.6 Å². The van der Waals surface area contributed by atoms with E-state index in [9.17, 15) is 14.0 Å². The molecule has 0 bridgehead atoms. The Bertz CT molecular complexity index is 837. The lowest BCUT2D eigenvalue weighted by Gasteiger charge is -2.29. The Morgan fingerprint density at radius 1 is 1.07 bits per heavy atom. The van der Waals surface area contributed by atoms with Crippen molar-refractivity contribution in [2.45, 2.75) is 59.2 Å². The number of benzene rings is 2. The normalized spacial score (nSPS) is 11.8. The molecule has 2 aromatic rings. The van der Waals surface area contributed by atoms with Gasteiger partial charge in [0.15, 0.2) is 0 Å². The molecule has 0 aliphatic heterocycles. The highest BCUT2D eigenvalue weighted by molar-refractivity contribution is 5.87. The van der Waals surface area contributed by atoms with E-state index in [0.717, 1.165) is 11.3 Å². The molecule has 2 rings (SSSR count). The molecule has 0 saturated heterocycles. The van der Waals surface area contributed by atoms with E-state index in [1.165, 1.54) is 11.0 Å². The van der Waals surface area contributed by atoms with Gasteiger partial charge in [-0.15, -0.1) is 0 Å². The van der Waals surface area contributed by atoms with Crippen LogP contribution in [0, 0.1) is 12.7 Å². The lowest BCUT2D eigenvalue weighted by Crippen LogP contribution is -2.49. The van der Waals surface area contributed by atoms with Crippen LogP contribution in [-0.4, -0.2) is 35.4 Å². The van der Waals surface area contributed by atoms with Gasteiger partial charge in [-0.1, -0.05) is 35.9 Å². The Balaban J connectivity index is 2.00. The van der Waals surface area contributed by atoms with Crippen LogP contribution in [0.3, 0.4) is 0 Å². The van der Waals surface area contributed by atoms with Crippen LogP contribution in [0.5, 0.6) is 5.75 Å². The van der Waals surface area contributed by atoms with Gasteiger partial charge in [0.2, 0.25) is 11.8 Å². The fraction of sp³-hybridized carbons (Fsp3) is 0.417. The molecule has 2 aromatic carbocycles. The fourth-order valence-electron chi connectivity index (χ4n) is 2.99. The molecule has 2 amide bonds. The molecule has 0 aliphatic carbocycles. The third-order valence-electron chi connectivity index (χ3n) is 4.72. The number of carbonyl (C=O) groups is 2. The first-order valence-electron chi connectivity index (χ1n) is 10.3. The van der Waals surface area contributed by atoms with Gasteiger partial charge in [-0.25, -0.2) is 4.39 Å². The zero-order chi connectivity index (χ0) is 22.1. The zero-order valence-corrected chi connectivity index (χ0v) is 18.2. The Labute approximate surface area is 178 Å². The second kappa shape index (κ2) is 11.3. The minimum absolute atomic E-state index is 0.0387. The first-order chi connectivity index (χ1) is 14.3. The topological polar surface area (TPSA) is 58.6 Å². The second-order valence-corrected chi connectivity index (χ2v) is 7.72. The van der Waals surface area contributed by atoms with Crippen molar-refractivity contribution in [3.05, 3.63) is 65.5 Å². The quantitative estimate of drug-likeness (QED) is 0.592. The van der Waals surface area contributed by atoms with E-state index >= 15 is 0 Å². The highest BCUT2D eigenvalue weighted by atomic mass is 19.1. The number of ether oxygens (including phenoxy) is 1. The molecule has 30 heavy (non-hydrogen) atoms. The number of hydrogen-bond acceptors (Lipinski definition) is 3. The number of nitrogens with zero attached hydrogens (tertiary/aromatic N) is 1. The molecule has 0 aliphatic rings. The molecule has 0 aromatic heterocycles. The molecule has 1 atom stereocenters. The van der Waals surface area contributed by atoms with Crippen LogP contribution in [0.1, 0.15) is 44.7 Å². The van der Waals surface area contributed by atoms with Crippen LogP contribution in [0.4, 0.5) is 4.39 Å². The smallest absolute Gasteiger partial charge is 0.242 e. The minimum Gasteiger partial charge on any atom is -0.494 e. The SMILES string of the molecule is Cc1ccc(OCCCC(=O)N(Cc2ccccc2F)[C@@H](C)C(=O)NC(C)C)cc1. The van der Waals surface area contributed by atoms with Crippen molar-refractivity contribution in [1.29, 1.82) is 0 Å². The van der Waals surface area contributed by atoms with E-state index in [-0.39, 0.29) is 30.8 Å². The number of halogens is 1. The molecule has 162 valence electrons. The van der Waals surface area contributed by atoms with E-state index in [2.05, 4.69) is 5.32 Å². The molecule has 0 spiro atoms. The summed E-state index contributed by atoms with van der Waals surface area (Å²) in [5.74, 6) is -0.113. The average molecular weight is 415 g/mol. The van der Waals surface area contributed by atoms with Gasteiger partial charge >= 0.3 is 0 Å². The monoisotopic (exact) mass is 414 g/mol. The summed E-state index contributed by atoms with van der Waals surface area (Å²) < 4.78 is 19.8. The van der Waals surface area contributed by atoms with Crippen molar-refractivity contribution in [2.75, 3.05) is 6.61 Å². The fourth-order valence-corrected chi connectivity index (χ4v) is 2.99. The molecule has 0 radical (unpaired) electrons. The van der Waals surface area contributed by atoms with Gasteiger partial charge in [-0.2, -0.15) is 0 Å². The van der Waals surface area contributed by atoms with Crippen molar-refractivity contribution in [2.24, 2.45) is 0 Å². The summed E-state index contributed by atoms with van der Waals surface area (Å²) in [4.78, 5) is 26.8. The van der Waals surface area contributed by atoms with Crippen molar-refractivity contribution in [3.8, 4) is 5.75 Å². The van der Waals surface area contributed by atoms with Crippen LogP contribution in [0.2, 0.25) is 0 Å². The minimum atomic E-state index is -0.711. The van der Waals surface area contributed by atoms with Gasteiger partial charge in [0.05, 0.1) is 6.61 Å². The van der Waals surface area contributed by atoms with Crippen molar-refractivity contribution < 1.29 is 18.7 Å². The van der Waals surface area contributed by atoms with Crippen molar-refractivity contribution >= 4 is 11.8 Å². The summed E-state index contributed by atoms with van der Waals surface area (Å²) in [6.45, 7) is 7.81. The molecule has 5 nitrogen and oxygen atoms in total. The molecule has 6 heteroatoms. The van der Waals surface area contributed by atoms with Gasteiger partial charge < -0.3 is 15.0 Å². The number of amides is 2. The molecule has 0 unspecified atom stereocenters. The highest BCUT2D eigenvalue weighted by Crippen LogP contribution is 2.16.